The molecule has 0 fully saturated rings. The number of methoxy groups -OCH3 is 1. The van der Waals surface area contributed by atoms with Crippen LogP contribution in [0.1, 0.15) is 12.0 Å². The van der Waals surface area contributed by atoms with E-state index in [1.807, 2.05) is 35.0 Å². The summed E-state index contributed by atoms with van der Waals surface area (Å²) in [5.41, 5.74) is 7.41. The van der Waals surface area contributed by atoms with Gasteiger partial charge in [-0.25, -0.2) is 0 Å². The third kappa shape index (κ3) is 4.03. The molecule has 0 bridgehead atoms. The van der Waals surface area contributed by atoms with Gasteiger partial charge in [-0.15, -0.1) is 0 Å². The Morgan fingerprint density at radius 3 is 2.95 bits per heavy atom. The lowest BCUT2D eigenvalue weighted by molar-refractivity contribution is -0.121. The van der Waals surface area contributed by atoms with Crippen LogP contribution < -0.4 is 11.1 Å². The highest BCUT2D eigenvalue weighted by Gasteiger charge is 2.07. The van der Waals surface area contributed by atoms with Gasteiger partial charge in [-0.05, 0) is 23.9 Å². The van der Waals surface area contributed by atoms with Gasteiger partial charge in [-0.3, -0.25) is 4.79 Å². The minimum atomic E-state index is -0.0238. The molecule has 0 spiro atoms. The molecule has 2 aromatic rings. The molecule has 0 aliphatic carbocycles. The van der Waals surface area contributed by atoms with E-state index in [2.05, 4.69) is 5.32 Å². The van der Waals surface area contributed by atoms with Crippen LogP contribution in [0.4, 0.5) is 0 Å². The fourth-order valence-corrected chi connectivity index (χ4v) is 2.26. The zero-order chi connectivity index (χ0) is 15.2. The average molecular weight is 305 g/mol. The molecule has 0 radical (unpaired) electrons. The van der Waals surface area contributed by atoms with Crippen LogP contribution in [0.3, 0.4) is 0 Å². The van der Waals surface area contributed by atoms with Gasteiger partial charge in [0.1, 0.15) is 11.5 Å². The van der Waals surface area contributed by atoms with Crippen molar-refractivity contribution in [2.24, 2.45) is 5.73 Å². The third-order valence-electron chi connectivity index (χ3n) is 3.22. The van der Waals surface area contributed by atoms with Crippen LogP contribution in [-0.2, 0) is 16.1 Å². The summed E-state index contributed by atoms with van der Waals surface area (Å²) in [6, 6.07) is 7.73. The summed E-state index contributed by atoms with van der Waals surface area (Å²) in [6.45, 7) is 1.53. The van der Waals surface area contributed by atoms with E-state index in [0.717, 1.165) is 22.9 Å². The number of aromatic nitrogens is 1. The van der Waals surface area contributed by atoms with Gasteiger partial charge in [-0.1, -0.05) is 24.4 Å². The minimum Gasteiger partial charge on any atom is -0.389 e. The van der Waals surface area contributed by atoms with Crippen LogP contribution in [0.25, 0.3) is 10.9 Å². The van der Waals surface area contributed by atoms with Gasteiger partial charge in [0.25, 0.3) is 0 Å². The molecule has 0 saturated carbocycles. The summed E-state index contributed by atoms with van der Waals surface area (Å²) in [4.78, 5) is 12.3. The summed E-state index contributed by atoms with van der Waals surface area (Å²) in [5, 5.41) is 3.93. The van der Waals surface area contributed by atoms with E-state index in [0.29, 0.717) is 18.1 Å². The van der Waals surface area contributed by atoms with E-state index in [1.54, 1.807) is 7.11 Å². The molecule has 0 atom stereocenters. The maximum atomic E-state index is 11.9. The average Bonchev–Trinajstić information content (AvgIpc) is 2.86. The van der Waals surface area contributed by atoms with E-state index in [1.165, 1.54) is 0 Å². The molecule has 6 heteroatoms. The number of carbonyl (C=O) groups is 1. The first kappa shape index (κ1) is 15.5. The second-order valence-electron chi connectivity index (χ2n) is 4.78. The van der Waals surface area contributed by atoms with Gasteiger partial charge in [0.2, 0.25) is 5.91 Å². The van der Waals surface area contributed by atoms with Gasteiger partial charge in [-0.2, -0.15) is 0 Å². The highest BCUT2D eigenvalue weighted by Crippen LogP contribution is 2.17. The number of thiocarbonyl (C=S) groups is 1. The van der Waals surface area contributed by atoms with Crippen molar-refractivity contribution < 1.29 is 9.53 Å². The first-order valence-electron chi connectivity index (χ1n) is 6.76. The van der Waals surface area contributed by atoms with E-state index in [4.69, 9.17) is 22.7 Å². The summed E-state index contributed by atoms with van der Waals surface area (Å²) < 4.78 is 6.83. The lowest BCUT2D eigenvalue weighted by Crippen LogP contribution is -2.28. The predicted octanol–water partition coefficient (Wildman–Crippen LogP) is 1.43. The summed E-state index contributed by atoms with van der Waals surface area (Å²) in [5.74, 6) is -0.0238. The van der Waals surface area contributed by atoms with Crippen molar-refractivity contribution in [2.75, 3.05) is 20.3 Å². The van der Waals surface area contributed by atoms with Gasteiger partial charge >= 0.3 is 0 Å². The van der Waals surface area contributed by atoms with Gasteiger partial charge in [0, 0.05) is 37.5 Å². The number of hydrogen-bond acceptors (Lipinski definition) is 3. The van der Waals surface area contributed by atoms with E-state index in [-0.39, 0.29) is 12.5 Å². The molecule has 0 aliphatic rings. The predicted molar refractivity (Wildman–Crippen MR) is 87.3 cm³/mol. The van der Waals surface area contributed by atoms with E-state index >= 15 is 0 Å². The monoisotopic (exact) mass is 305 g/mol. The standard InChI is InChI=1S/C15H19N3O2S/c1-20-8-2-6-17-14(19)10-18-7-5-11-3-4-12(15(16)21)9-13(11)18/h3-5,7,9H,2,6,8,10H2,1H3,(H2,16,21)(H,17,19). The Morgan fingerprint density at radius 2 is 2.24 bits per heavy atom. The minimum absolute atomic E-state index is 0.0238. The molecule has 1 aromatic carbocycles. The van der Waals surface area contributed by atoms with Crippen LogP contribution in [0.2, 0.25) is 0 Å². The Labute approximate surface area is 129 Å². The number of nitrogens with zero attached hydrogens (tertiary/aromatic N) is 1. The Balaban J connectivity index is 2.06. The van der Waals surface area contributed by atoms with Crippen molar-refractivity contribution in [3.05, 3.63) is 36.0 Å². The SMILES string of the molecule is COCCCNC(=O)Cn1ccc2ccc(C(N)=S)cc21. The van der Waals surface area contributed by atoms with Crippen molar-refractivity contribution in [3.63, 3.8) is 0 Å². The normalized spacial score (nSPS) is 10.7. The van der Waals surface area contributed by atoms with Gasteiger partial charge in [0.05, 0.1) is 0 Å². The molecule has 1 amide bonds. The fraction of sp³-hybridized carbons (Fsp3) is 0.333. The Bertz CT molecular complexity index is 651. The summed E-state index contributed by atoms with van der Waals surface area (Å²) >= 11 is 4.99. The second-order valence-corrected chi connectivity index (χ2v) is 5.22. The molecule has 21 heavy (non-hydrogen) atoms. The van der Waals surface area contributed by atoms with E-state index in [9.17, 15) is 4.79 Å². The van der Waals surface area contributed by atoms with Crippen LogP contribution >= 0.6 is 12.2 Å². The van der Waals surface area contributed by atoms with Crippen molar-refractivity contribution in [2.45, 2.75) is 13.0 Å². The van der Waals surface area contributed by atoms with Crippen molar-refractivity contribution in [1.82, 2.24) is 9.88 Å². The molecule has 0 unspecified atom stereocenters. The maximum absolute atomic E-state index is 11.9. The smallest absolute Gasteiger partial charge is 0.239 e. The number of benzene rings is 1. The molecule has 5 nitrogen and oxygen atoms in total. The number of rotatable bonds is 7. The van der Waals surface area contributed by atoms with Crippen molar-refractivity contribution in [1.29, 1.82) is 0 Å². The molecule has 0 aliphatic heterocycles. The molecular weight excluding hydrogens is 286 g/mol. The largest absolute Gasteiger partial charge is 0.389 e. The lowest BCUT2D eigenvalue weighted by atomic mass is 10.1. The Kier molecular flexibility index (Phi) is 5.30. The second kappa shape index (κ2) is 7.19. The van der Waals surface area contributed by atoms with Gasteiger partial charge in [0.15, 0.2) is 0 Å². The number of amides is 1. The van der Waals surface area contributed by atoms with E-state index < -0.39 is 0 Å². The molecule has 1 aromatic heterocycles. The zero-order valence-corrected chi connectivity index (χ0v) is 12.8. The molecular formula is C15H19N3O2S. The molecule has 112 valence electrons. The quantitative estimate of drug-likeness (QED) is 0.600. The Morgan fingerprint density at radius 1 is 1.43 bits per heavy atom. The highest BCUT2D eigenvalue weighted by molar-refractivity contribution is 7.80. The molecule has 2 rings (SSSR count). The fourth-order valence-electron chi connectivity index (χ4n) is 2.13. The molecule has 1 heterocycles. The third-order valence-corrected chi connectivity index (χ3v) is 3.46. The van der Waals surface area contributed by atoms with Crippen LogP contribution in [-0.4, -0.2) is 35.7 Å². The zero-order valence-electron chi connectivity index (χ0n) is 12.0. The van der Waals surface area contributed by atoms with Crippen LogP contribution in [0, 0.1) is 0 Å². The topological polar surface area (TPSA) is 69.3 Å². The first-order valence-corrected chi connectivity index (χ1v) is 7.17. The number of ether oxygens (including phenoxy) is 1. The highest BCUT2D eigenvalue weighted by atomic mass is 32.1. The number of hydrogen-bond donors (Lipinski definition) is 2. The molecule has 3 N–H and O–H groups in total. The first-order chi connectivity index (χ1) is 10.1. The number of carbonyl (C=O) groups excluding carboxylic acids is 1. The summed E-state index contributed by atoms with van der Waals surface area (Å²) in [6.07, 6.45) is 2.70. The van der Waals surface area contributed by atoms with Crippen molar-refractivity contribution in [3.8, 4) is 0 Å². The van der Waals surface area contributed by atoms with Gasteiger partial charge < -0.3 is 20.4 Å². The number of fused-ring (bicyclic) bond motifs is 1. The number of nitrogens with one attached hydrogen (secondary N) is 1. The molecule has 0 saturated heterocycles. The summed E-state index contributed by atoms with van der Waals surface area (Å²) in [7, 11) is 1.65. The van der Waals surface area contributed by atoms with Crippen LogP contribution in [0.5, 0.6) is 0 Å². The van der Waals surface area contributed by atoms with Crippen molar-refractivity contribution >= 4 is 34.0 Å². The lowest BCUT2D eigenvalue weighted by Gasteiger charge is -2.08. The maximum Gasteiger partial charge on any atom is 0.239 e. The van der Waals surface area contributed by atoms with Crippen LogP contribution in [0.15, 0.2) is 30.5 Å². The number of nitrogens with two attached hydrogens (primary N) is 1. The Hall–Kier alpha value is -1.92.